The van der Waals surface area contributed by atoms with E-state index in [-0.39, 0.29) is 6.03 Å². The molecule has 0 aliphatic carbocycles. The van der Waals surface area contributed by atoms with Crippen LogP contribution in [0.2, 0.25) is 0 Å². The number of carbonyl (C=O) groups is 1. The third-order valence-corrected chi connectivity index (χ3v) is 5.24. The SMILES string of the molecule is Cc1occc1-c1cc(NC(=O)N2CC(C)C(N3CCOCC3)C2)no1. The number of hydrogen-bond donors (Lipinski definition) is 1. The Bertz CT molecular complexity index is 765. The summed E-state index contributed by atoms with van der Waals surface area (Å²) in [6, 6.07) is 3.77. The number of hydrogen-bond acceptors (Lipinski definition) is 6. The Balaban J connectivity index is 1.38. The molecule has 0 spiro atoms. The summed E-state index contributed by atoms with van der Waals surface area (Å²) in [5.41, 5.74) is 0.833. The summed E-state index contributed by atoms with van der Waals surface area (Å²) in [7, 11) is 0. The Morgan fingerprint density at radius 1 is 1.31 bits per heavy atom. The minimum Gasteiger partial charge on any atom is -0.469 e. The van der Waals surface area contributed by atoms with Crippen molar-refractivity contribution < 1.29 is 18.5 Å². The molecule has 0 saturated carbocycles. The molecule has 1 N–H and O–H groups in total. The van der Waals surface area contributed by atoms with Crippen molar-refractivity contribution >= 4 is 11.8 Å². The summed E-state index contributed by atoms with van der Waals surface area (Å²) in [5.74, 6) is 2.17. The fourth-order valence-corrected chi connectivity index (χ4v) is 3.79. The van der Waals surface area contributed by atoms with Gasteiger partial charge in [-0.25, -0.2) is 4.79 Å². The van der Waals surface area contributed by atoms with E-state index < -0.39 is 0 Å². The molecular formula is C18H24N4O4. The first-order valence-corrected chi connectivity index (χ1v) is 9.00. The fraction of sp³-hybridized carbons (Fsp3) is 0.556. The zero-order valence-electron chi connectivity index (χ0n) is 15.1. The van der Waals surface area contributed by atoms with E-state index >= 15 is 0 Å². The van der Waals surface area contributed by atoms with Crippen molar-refractivity contribution in [3.8, 4) is 11.3 Å². The van der Waals surface area contributed by atoms with Crippen LogP contribution < -0.4 is 5.32 Å². The van der Waals surface area contributed by atoms with Crippen molar-refractivity contribution in [2.75, 3.05) is 44.7 Å². The molecule has 0 aromatic carbocycles. The number of carbonyl (C=O) groups excluding carboxylic acids is 1. The van der Waals surface area contributed by atoms with Crippen molar-refractivity contribution in [3.63, 3.8) is 0 Å². The number of rotatable bonds is 3. The Morgan fingerprint density at radius 2 is 2.12 bits per heavy atom. The van der Waals surface area contributed by atoms with Gasteiger partial charge in [0.15, 0.2) is 11.6 Å². The first kappa shape index (κ1) is 17.1. The van der Waals surface area contributed by atoms with Gasteiger partial charge in [-0.2, -0.15) is 0 Å². The van der Waals surface area contributed by atoms with E-state index in [0.29, 0.717) is 23.5 Å². The summed E-state index contributed by atoms with van der Waals surface area (Å²) < 4.78 is 16.0. The second-order valence-corrected chi connectivity index (χ2v) is 6.99. The number of aromatic nitrogens is 1. The average Bonchev–Trinajstić information content (AvgIpc) is 3.35. The first-order chi connectivity index (χ1) is 12.6. The molecule has 4 rings (SSSR count). The Labute approximate surface area is 152 Å². The highest BCUT2D eigenvalue weighted by Gasteiger charge is 2.36. The van der Waals surface area contributed by atoms with Gasteiger partial charge in [-0.1, -0.05) is 12.1 Å². The maximum Gasteiger partial charge on any atom is 0.323 e. The molecule has 4 heterocycles. The lowest BCUT2D eigenvalue weighted by Gasteiger charge is -2.33. The first-order valence-electron chi connectivity index (χ1n) is 9.00. The second-order valence-electron chi connectivity index (χ2n) is 6.99. The van der Waals surface area contributed by atoms with Gasteiger partial charge < -0.3 is 18.6 Å². The summed E-state index contributed by atoms with van der Waals surface area (Å²) >= 11 is 0. The monoisotopic (exact) mass is 360 g/mol. The number of urea groups is 1. The van der Waals surface area contributed by atoms with Gasteiger partial charge in [-0.3, -0.25) is 10.2 Å². The number of anilines is 1. The molecule has 0 radical (unpaired) electrons. The maximum atomic E-state index is 12.6. The molecule has 2 saturated heterocycles. The third kappa shape index (κ3) is 3.34. The summed E-state index contributed by atoms with van der Waals surface area (Å²) in [5, 5.41) is 6.79. The standard InChI is InChI=1S/C18H24N4O4/c1-12-10-22(11-15(12)21-4-7-24-8-5-21)18(23)19-17-9-16(26-20-17)14-3-6-25-13(14)2/h3,6,9,12,15H,4-5,7-8,10-11H2,1-2H3,(H,19,20,23). The predicted octanol–water partition coefficient (Wildman–Crippen LogP) is 2.43. The molecule has 2 amide bonds. The Morgan fingerprint density at radius 3 is 2.85 bits per heavy atom. The van der Waals surface area contributed by atoms with Crippen LogP contribution in [0, 0.1) is 12.8 Å². The average molecular weight is 360 g/mol. The summed E-state index contributed by atoms with van der Waals surface area (Å²) in [4.78, 5) is 16.9. The van der Waals surface area contributed by atoms with Crippen molar-refractivity contribution in [1.29, 1.82) is 0 Å². The quantitative estimate of drug-likeness (QED) is 0.905. The van der Waals surface area contributed by atoms with E-state index in [0.717, 1.165) is 50.7 Å². The third-order valence-electron chi connectivity index (χ3n) is 5.24. The number of amides is 2. The van der Waals surface area contributed by atoms with E-state index in [2.05, 4.69) is 22.3 Å². The van der Waals surface area contributed by atoms with E-state index in [1.807, 2.05) is 17.9 Å². The minimum absolute atomic E-state index is 0.142. The van der Waals surface area contributed by atoms with Crippen LogP contribution in [0.3, 0.4) is 0 Å². The summed E-state index contributed by atoms with van der Waals surface area (Å²) in [6.45, 7) is 8.91. The zero-order chi connectivity index (χ0) is 18.1. The van der Waals surface area contributed by atoms with Crippen LogP contribution in [0.15, 0.2) is 27.3 Å². The predicted molar refractivity (Wildman–Crippen MR) is 94.9 cm³/mol. The molecule has 2 fully saturated rings. The number of nitrogens with zero attached hydrogens (tertiary/aromatic N) is 3. The van der Waals surface area contributed by atoms with Crippen LogP contribution in [0.1, 0.15) is 12.7 Å². The number of ether oxygens (including phenoxy) is 1. The fourth-order valence-electron chi connectivity index (χ4n) is 3.79. The highest BCUT2D eigenvalue weighted by atomic mass is 16.5. The zero-order valence-corrected chi connectivity index (χ0v) is 15.1. The molecule has 26 heavy (non-hydrogen) atoms. The normalized spacial score (nSPS) is 24.2. The summed E-state index contributed by atoms with van der Waals surface area (Å²) in [6.07, 6.45) is 1.60. The van der Waals surface area contributed by atoms with Gasteiger partial charge in [0.05, 0.1) is 25.0 Å². The molecule has 2 aliphatic heterocycles. The van der Waals surface area contributed by atoms with Gasteiger partial charge in [0.2, 0.25) is 0 Å². The molecule has 2 aliphatic rings. The minimum atomic E-state index is -0.142. The van der Waals surface area contributed by atoms with E-state index in [1.165, 1.54) is 0 Å². The number of aryl methyl sites for hydroxylation is 1. The lowest BCUT2D eigenvalue weighted by atomic mass is 10.0. The van der Waals surface area contributed by atoms with Crippen molar-refractivity contribution in [2.45, 2.75) is 19.9 Å². The van der Waals surface area contributed by atoms with Crippen molar-refractivity contribution in [1.82, 2.24) is 15.0 Å². The lowest BCUT2D eigenvalue weighted by Crippen LogP contribution is -2.47. The molecule has 2 aromatic heterocycles. The van der Waals surface area contributed by atoms with Crippen LogP contribution in [0.4, 0.5) is 10.6 Å². The molecule has 2 atom stereocenters. The molecule has 2 unspecified atom stereocenters. The van der Waals surface area contributed by atoms with Gasteiger partial charge >= 0.3 is 6.03 Å². The van der Waals surface area contributed by atoms with Gasteiger partial charge in [0.1, 0.15) is 5.76 Å². The topological polar surface area (TPSA) is 84.0 Å². The molecule has 140 valence electrons. The highest BCUT2D eigenvalue weighted by Crippen LogP contribution is 2.27. The van der Waals surface area contributed by atoms with E-state index in [4.69, 9.17) is 13.7 Å². The number of morpholine rings is 1. The second kappa shape index (κ2) is 7.13. The van der Waals surface area contributed by atoms with Crippen LogP contribution in [0.25, 0.3) is 11.3 Å². The number of furan rings is 1. The molecule has 8 heteroatoms. The maximum absolute atomic E-state index is 12.6. The van der Waals surface area contributed by atoms with Gasteiger partial charge in [-0.15, -0.1) is 0 Å². The van der Waals surface area contributed by atoms with Gasteiger partial charge in [0, 0.05) is 38.3 Å². The van der Waals surface area contributed by atoms with Crippen LogP contribution in [-0.4, -0.2) is 66.4 Å². The molecule has 8 nitrogen and oxygen atoms in total. The molecule has 2 aromatic rings. The van der Waals surface area contributed by atoms with E-state index in [1.54, 1.807) is 12.3 Å². The largest absolute Gasteiger partial charge is 0.469 e. The Kier molecular flexibility index (Phi) is 4.69. The van der Waals surface area contributed by atoms with Gasteiger partial charge in [-0.05, 0) is 18.9 Å². The van der Waals surface area contributed by atoms with Crippen LogP contribution in [0.5, 0.6) is 0 Å². The lowest BCUT2D eigenvalue weighted by molar-refractivity contribution is 0.0123. The van der Waals surface area contributed by atoms with E-state index in [9.17, 15) is 4.79 Å². The highest BCUT2D eigenvalue weighted by molar-refractivity contribution is 5.89. The van der Waals surface area contributed by atoms with Crippen LogP contribution >= 0.6 is 0 Å². The van der Waals surface area contributed by atoms with Crippen molar-refractivity contribution in [3.05, 3.63) is 24.2 Å². The van der Waals surface area contributed by atoms with Crippen LogP contribution in [-0.2, 0) is 4.74 Å². The van der Waals surface area contributed by atoms with Gasteiger partial charge in [0.25, 0.3) is 0 Å². The molecule has 0 bridgehead atoms. The molecular weight excluding hydrogens is 336 g/mol. The smallest absolute Gasteiger partial charge is 0.323 e. The number of nitrogens with one attached hydrogen (secondary N) is 1. The Hall–Kier alpha value is -2.32. The number of likely N-dealkylation sites (tertiary alicyclic amines) is 1. The van der Waals surface area contributed by atoms with Crippen molar-refractivity contribution in [2.24, 2.45) is 5.92 Å².